The van der Waals surface area contributed by atoms with Crippen molar-refractivity contribution in [2.45, 2.75) is 23.9 Å². The number of rotatable bonds is 8. The summed E-state index contributed by atoms with van der Waals surface area (Å²) in [5, 5.41) is 11.6. The van der Waals surface area contributed by atoms with Crippen molar-refractivity contribution in [3.8, 4) is 11.5 Å². The first kappa shape index (κ1) is 17.0. The first-order chi connectivity index (χ1) is 11.1. The molecule has 1 aromatic carbocycles. The molecule has 0 aliphatic carbocycles. The lowest BCUT2D eigenvalue weighted by Crippen LogP contribution is -2.15. The van der Waals surface area contributed by atoms with E-state index in [1.807, 2.05) is 6.92 Å². The molecule has 0 aliphatic rings. The van der Waals surface area contributed by atoms with Crippen LogP contribution in [0.25, 0.3) is 0 Å². The van der Waals surface area contributed by atoms with Crippen molar-refractivity contribution in [3.63, 3.8) is 0 Å². The molecule has 7 nitrogen and oxygen atoms in total. The fourth-order valence-corrected chi connectivity index (χ4v) is 2.83. The number of hydrogen-bond acceptors (Lipinski definition) is 7. The molecule has 122 valence electrons. The summed E-state index contributed by atoms with van der Waals surface area (Å²) in [5.74, 6) is 1.07. The molecule has 0 fully saturated rings. The standard InChI is InChI=1S/C15H18N4O3S/c1-5-8-19-15(16-17-18-19)23-10(2)14(20)11-6-7-12(21-3)13(9-11)22-4/h5-7,9-10H,1,8H2,2-4H3/t10-/m0/s1. The molecule has 8 heteroatoms. The van der Waals surface area contributed by atoms with Gasteiger partial charge in [-0.05, 0) is 35.5 Å². The van der Waals surface area contributed by atoms with Gasteiger partial charge >= 0.3 is 0 Å². The van der Waals surface area contributed by atoms with E-state index in [1.54, 1.807) is 36.1 Å². The number of nitrogens with zero attached hydrogens (tertiary/aromatic N) is 4. The van der Waals surface area contributed by atoms with Crippen molar-refractivity contribution >= 4 is 17.5 Å². The number of aromatic nitrogens is 4. The van der Waals surface area contributed by atoms with Gasteiger partial charge in [-0.25, -0.2) is 4.68 Å². The van der Waals surface area contributed by atoms with Crippen LogP contribution >= 0.6 is 11.8 Å². The quantitative estimate of drug-likeness (QED) is 0.416. The monoisotopic (exact) mass is 334 g/mol. The Kier molecular flexibility index (Phi) is 5.75. The third kappa shape index (κ3) is 3.89. The van der Waals surface area contributed by atoms with Crippen LogP contribution in [0.5, 0.6) is 11.5 Å². The van der Waals surface area contributed by atoms with Gasteiger partial charge in [-0.15, -0.1) is 11.7 Å². The predicted molar refractivity (Wildman–Crippen MR) is 87.2 cm³/mol. The molecular weight excluding hydrogens is 316 g/mol. The van der Waals surface area contributed by atoms with Crippen molar-refractivity contribution in [2.75, 3.05) is 14.2 Å². The maximum Gasteiger partial charge on any atom is 0.210 e. The molecule has 0 unspecified atom stereocenters. The lowest BCUT2D eigenvalue weighted by molar-refractivity contribution is 0.0993. The van der Waals surface area contributed by atoms with Crippen LogP contribution in [0.2, 0.25) is 0 Å². The van der Waals surface area contributed by atoms with Gasteiger partial charge in [0, 0.05) is 5.56 Å². The van der Waals surface area contributed by atoms with Crippen LogP contribution in [0.1, 0.15) is 17.3 Å². The maximum absolute atomic E-state index is 12.6. The van der Waals surface area contributed by atoms with E-state index >= 15 is 0 Å². The van der Waals surface area contributed by atoms with Gasteiger partial charge in [-0.3, -0.25) is 4.79 Å². The van der Waals surface area contributed by atoms with E-state index in [0.29, 0.717) is 28.8 Å². The Hall–Kier alpha value is -2.35. The molecule has 1 heterocycles. The molecule has 0 radical (unpaired) electrons. The number of methoxy groups -OCH3 is 2. The Morgan fingerprint density at radius 3 is 2.78 bits per heavy atom. The van der Waals surface area contributed by atoms with Crippen molar-refractivity contribution in [2.24, 2.45) is 0 Å². The highest BCUT2D eigenvalue weighted by Crippen LogP contribution is 2.30. The lowest BCUT2D eigenvalue weighted by atomic mass is 10.1. The third-order valence-corrected chi connectivity index (χ3v) is 4.19. The predicted octanol–water partition coefficient (Wildman–Crippen LogP) is 2.24. The number of benzene rings is 1. The Morgan fingerprint density at radius 1 is 1.39 bits per heavy atom. The number of thioether (sulfide) groups is 1. The van der Waals surface area contributed by atoms with E-state index in [9.17, 15) is 4.79 Å². The van der Waals surface area contributed by atoms with E-state index in [1.165, 1.54) is 18.9 Å². The topological polar surface area (TPSA) is 79.1 Å². The number of ether oxygens (including phenoxy) is 2. The first-order valence-electron chi connectivity index (χ1n) is 6.90. The molecule has 0 aliphatic heterocycles. The van der Waals surface area contributed by atoms with Gasteiger partial charge < -0.3 is 9.47 Å². The molecule has 2 rings (SSSR count). The van der Waals surface area contributed by atoms with Crippen molar-refractivity contribution < 1.29 is 14.3 Å². The molecule has 1 aromatic heterocycles. The van der Waals surface area contributed by atoms with Crippen LogP contribution in [-0.4, -0.2) is 45.5 Å². The second-order valence-corrected chi connectivity index (χ2v) is 5.93. The molecule has 0 bridgehead atoms. The zero-order valence-corrected chi connectivity index (χ0v) is 14.0. The highest BCUT2D eigenvalue weighted by molar-refractivity contribution is 8.00. The van der Waals surface area contributed by atoms with Crippen LogP contribution in [0.4, 0.5) is 0 Å². The molecular formula is C15H18N4O3S. The van der Waals surface area contributed by atoms with Gasteiger partial charge in [0.1, 0.15) is 0 Å². The van der Waals surface area contributed by atoms with Gasteiger partial charge in [0.15, 0.2) is 17.3 Å². The maximum atomic E-state index is 12.6. The van der Waals surface area contributed by atoms with Gasteiger partial charge in [0.2, 0.25) is 5.16 Å². The molecule has 1 atom stereocenters. The normalized spacial score (nSPS) is 11.8. The Balaban J connectivity index is 2.16. The molecule has 0 saturated heterocycles. The van der Waals surface area contributed by atoms with E-state index in [4.69, 9.17) is 9.47 Å². The number of carbonyl (C=O) groups excluding carboxylic acids is 1. The number of ketones is 1. The lowest BCUT2D eigenvalue weighted by Gasteiger charge is -2.12. The number of hydrogen-bond donors (Lipinski definition) is 0. The smallest absolute Gasteiger partial charge is 0.210 e. The highest BCUT2D eigenvalue weighted by atomic mass is 32.2. The molecule has 0 spiro atoms. The zero-order chi connectivity index (χ0) is 16.8. The van der Waals surface area contributed by atoms with Gasteiger partial charge in [-0.2, -0.15) is 0 Å². The fraction of sp³-hybridized carbons (Fsp3) is 0.333. The van der Waals surface area contributed by atoms with Crippen molar-refractivity contribution in [3.05, 3.63) is 36.4 Å². The van der Waals surface area contributed by atoms with Crippen molar-refractivity contribution in [1.29, 1.82) is 0 Å². The van der Waals surface area contributed by atoms with Gasteiger partial charge in [-0.1, -0.05) is 17.8 Å². The van der Waals surface area contributed by atoms with Crippen LogP contribution in [0.3, 0.4) is 0 Å². The highest BCUT2D eigenvalue weighted by Gasteiger charge is 2.21. The van der Waals surface area contributed by atoms with Crippen LogP contribution in [0.15, 0.2) is 36.0 Å². The average Bonchev–Trinajstić information content (AvgIpc) is 3.00. The molecule has 2 aromatic rings. The SMILES string of the molecule is C=CCn1nnnc1S[C@@H](C)C(=O)c1ccc(OC)c(OC)c1. The minimum Gasteiger partial charge on any atom is -0.493 e. The zero-order valence-electron chi connectivity index (χ0n) is 13.2. The molecule has 0 saturated carbocycles. The van der Waals surface area contributed by atoms with Crippen molar-refractivity contribution in [1.82, 2.24) is 20.2 Å². The minimum atomic E-state index is -0.345. The van der Waals surface area contributed by atoms with Crippen LogP contribution in [-0.2, 0) is 6.54 Å². The van der Waals surface area contributed by atoms with E-state index in [0.717, 1.165) is 0 Å². The number of carbonyl (C=O) groups is 1. The number of tetrazole rings is 1. The van der Waals surface area contributed by atoms with E-state index in [2.05, 4.69) is 22.1 Å². The summed E-state index contributed by atoms with van der Waals surface area (Å²) in [6.45, 7) is 5.96. The largest absolute Gasteiger partial charge is 0.493 e. The van der Waals surface area contributed by atoms with E-state index < -0.39 is 0 Å². The average molecular weight is 334 g/mol. The van der Waals surface area contributed by atoms with Crippen LogP contribution < -0.4 is 9.47 Å². The fourth-order valence-electron chi connectivity index (χ4n) is 1.95. The third-order valence-electron chi connectivity index (χ3n) is 3.12. The summed E-state index contributed by atoms with van der Waals surface area (Å²) in [7, 11) is 3.09. The molecule has 23 heavy (non-hydrogen) atoms. The Bertz CT molecular complexity index is 702. The summed E-state index contributed by atoms with van der Waals surface area (Å²) >= 11 is 1.30. The number of allylic oxidation sites excluding steroid dienone is 1. The van der Waals surface area contributed by atoms with E-state index in [-0.39, 0.29) is 11.0 Å². The Morgan fingerprint density at radius 2 is 2.13 bits per heavy atom. The summed E-state index contributed by atoms with van der Waals surface area (Å²) in [5.41, 5.74) is 0.547. The molecule has 0 N–H and O–H groups in total. The minimum absolute atomic E-state index is 0.0379. The second-order valence-electron chi connectivity index (χ2n) is 4.63. The Labute approximate surface area is 138 Å². The van der Waals surface area contributed by atoms with Gasteiger partial charge in [0.25, 0.3) is 0 Å². The summed E-state index contributed by atoms with van der Waals surface area (Å²) in [6.07, 6.45) is 1.70. The summed E-state index contributed by atoms with van der Waals surface area (Å²) in [4.78, 5) is 12.6. The summed E-state index contributed by atoms with van der Waals surface area (Å²) in [6, 6.07) is 5.10. The first-order valence-corrected chi connectivity index (χ1v) is 7.78. The molecule has 0 amide bonds. The second kappa shape index (κ2) is 7.77. The summed E-state index contributed by atoms with van der Waals surface area (Å²) < 4.78 is 12.0. The van der Waals surface area contributed by atoms with Crippen LogP contribution in [0, 0.1) is 0 Å². The number of Topliss-reactive ketones (excluding diaryl/α,β-unsaturated/α-hetero) is 1. The van der Waals surface area contributed by atoms with Gasteiger partial charge in [0.05, 0.1) is 26.0 Å².